The summed E-state index contributed by atoms with van der Waals surface area (Å²) in [5, 5.41) is 2.78. The fourth-order valence-electron chi connectivity index (χ4n) is 4.32. The van der Waals surface area contributed by atoms with Gasteiger partial charge in [-0.1, -0.05) is 13.8 Å². The molecule has 1 aromatic carbocycles. The maximum atomic E-state index is 13.3. The number of alkyl halides is 3. The molecule has 1 N–H and O–H groups in total. The Morgan fingerprint density at radius 3 is 2.38 bits per heavy atom. The van der Waals surface area contributed by atoms with E-state index in [-0.39, 0.29) is 11.6 Å². The van der Waals surface area contributed by atoms with E-state index in [0.717, 1.165) is 31.6 Å². The molecule has 0 bridgehead atoms. The smallest absolute Gasteiger partial charge is 0.378 e. The molecule has 29 heavy (non-hydrogen) atoms. The van der Waals surface area contributed by atoms with E-state index in [1.165, 1.54) is 6.07 Å². The average molecular weight is 413 g/mol. The van der Waals surface area contributed by atoms with Crippen molar-refractivity contribution in [1.29, 1.82) is 0 Å². The van der Waals surface area contributed by atoms with Crippen LogP contribution in [0.1, 0.15) is 32.8 Å². The fourth-order valence-corrected chi connectivity index (χ4v) is 4.32. The molecule has 2 saturated heterocycles. The molecule has 1 amide bonds. The van der Waals surface area contributed by atoms with E-state index in [1.807, 2.05) is 11.8 Å². The number of piperidine rings is 1. The van der Waals surface area contributed by atoms with Gasteiger partial charge in [-0.3, -0.25) is 9.69 Å². The number of morpholine rings is 1. The normalized spacial score (nSPS) is 25.0. The van der Waals surface area contributed by atoms with Crippen molar-refractivity contribution >= 4 is 17.3 Å². The Labute approximate surface area is 170 Å². The number of ether oxygens (including phenoxy) is 1. The Hall–Kier alpha value is -1.80. The van der Waals surface area contributed by atoms with Gasteiger partial charge in [0, 0.05) is 26.2 Å². The molecule has 5 nitrogen and oxygen atoms in total. The highest BCUT2D eigenvalue weighted by molar-refractivity contribution is 5.97. The zero-order valence-corrected chi connectivity index (χ0v) is 17.3. The zero-order valence-electron chi connectivity index (χ0n) is 17.3. The first kappa shape index (κ1) is 21.9. The number of benzene rings is 1. The van der Waals surface area contributed by atoms with Crippen LogP contribution in [0.25, 0.3) is 0 Å². The Morgan fingerprint density at radius 2 is 1.79 bits per heavy atom. The quantitative estimate of drug-likeness (QED) is 0.815. The Balaban J connectivity index is 1.82. The summed E-state index contributed by atoms with van der Waals surface area (Å²) in [5.41, 5.74) is 0.0385. The highest BCUT2D eigenvalue weighted by Crippen LogP contribution is 2.36. The Bertz CT molecular complexity index is 710. The summed E-state index contributed by atoms with van der Waals surface area (Å²) in [7, 11) is 0. The molecule has 2 heterocycles. The first-order chi connectivity index (χ1) is 13.6. The van der Waals surface area contributed by atoms with E-state index in [1.54, 1.807) is 0 Å². The zero-order chi connectivity index (χ0) is 21.2. The largest absolute Gasteiger partial charge is 0.416 e. The number of nitrogens with one attached hydrogen (secondary N) is 1. The van der Waals surface area contributed by atoms with Crippen LogP contribution in [0.3, 0.4) is 0 Å². The van der Waals surface area contributed by atoms with Crippen LogP contribution in [0.4, 0.5) is 24.5 Å². The summed E-state index contributed by atoms with van der Waals surface area (Å²) in [6.07, 6.45) is -3.34. The molecular weight excluding hydrogens is 383 g/mol. The van der Waals surface area contributed by atoms with Gasteiger partial charge in [-0.2, -0.15) is 13.2 Å². The summed E-state index contributed by atoms with van der Waals surface area (Å²) in [5.74, 6) is 0.707. The molecule has 162 valence electrons. The molecule has 3 unspecified atom stereocenters. The van der Waals surface area contributed by atoms with Gasteiger partial charge in [-0.25, -0.2) is 0 Å². The maximum Gasteiger partial charge on any atom is 0.416 e. The van der Waals surface area contributed by atoms with Gasteiger partial charge in [-0.05, 0) is 43.4 Å². The molecule has 0 radical (unpaired) electrons. The first-order valence-electron chi connectivity index (χ1n) is 10.2. The second-order valence-corrected chi connectivity index (χ2v) is 8.39. The van der Waals surface area contributed by atoms with Gasteiger partial charge in [0.1, 0.15) is 0 Å². The van der Waals surface area contributed by atoms with E-state index in [4.69, 9.17) is 4.74 Å². The van der Waals surface area contributed by atoms with Crippen molar-refractivity contribution in [2.75, 3.05) is 49.6 Å². The lowest BCUT2D eigenvalue weighted by Gasteiger charge is -2.38. The lowest BCUT2D eigenvalue weighted by Crippen LogP contribution is -2.49. The van der Waals surface area contributed by atoms with Crippen LogP contribution in [0.15, 0.2) is 18.2 Å². The summed E-state index contributed by atoms with van der Waals surface area (Å²) in [4.78, 5) is 17.0. The third-order valence-electron chi connectivity index (χ3n) is 5.76. The molecule has 8 heteroatoms. The third kappa shape index (κ3) is 5.42. The van der Waals surface area contributed by atoms with Crippen LogP contribution < -0.4 is 10.2 Å². The second kappa shape index (κ2) is 8.92. The van der Waals surface area contributed by atoms with Crippen molar-refractivity contribution in [3.8, 4) is 0 Å². The standard InChI is InChI=1S/C21H30F3N3O2/c1-14-10-15(2)13-27(12-14)16(3)20(28)25-18-11-17(21(22,23)24)4-5-19(18)26-6-8-29-9-7-26/h4-5,11,14-16H,6-10,12-13H2,1-3H3,(H,25,28). The number of carbonyl (C=O) groups excluding carboxylic acids is 1. The molecule has 2 fully saturated rings. The number of likely N-dealkylation sites (tertiary alicyclic amines) is 1. The lowest BCUT2D eigenvalue weighted by atomic mass is 9.91. The van der Waals surface area contributed by atoms with Crippen LogP contribution in [0, 0.1) is 11.8 Å². The minimum absolute atomic E-state index is 0.205. The summed E-state index contributed by atoms with van der Waals surface area (Å²) in [6.45, 7) is 9.95. The molecule has 2 aliphatic rings. The highest BCUT2D eigenvalue weighted by atomic mass is 19.4. The highest BCUT2D eigenvalue weighted by Gasteiger charge is 2.33. The van der Waals surface area contributed by atoms with E-state index in [9.17, 15) is 18.0 Å². The summed E-state index contributed by atoms with van der Waals surface area (Å²) in [6, 6.07) is 3.14. The molecule has 0 spiro atoms. The van der Waals surface area contributed by atoms with Crippen molar-refractivity contribution in [3.63, 3.8) is 0 Å². The number of rotatable bonds is 4. The van der Waals surface area contributed by atoms with Crippen molar-refractivity contribution in [2.24, 2.45) is 11.8 Å². The van der Waals surface area contributed by atoms with Crippen molar-refractivity contribution in [1.82, 2.24) is 4.90 Å². The molecule has 3 rings (SSSR count). The van der Waals surface area contributed by atoms with Crippen molar-refractivity contribution in [2.45, 2.75) is 39.4 Å². The number of nitrogens with zero attached hydrogens (tertiary/aromatic N) is 2. The van der Waals surface area contributed by atoms with Gasteiger partial charge < -0.3 is 15.0 Å². The van der Waals surface area contributed by atoms with E-state index in [0.29, 0.717) is 43.8 Å². The van der Waals surface area contributed by atoms with Gasteiger partial charge in [0.2, 0.25) is 5.91 Å². The predicted molar refractivity (Wildman–Crippen MR) is 107 cm³/mol. The maximum absolute atomic E-state index is 13.3. The molecule has 3 atom stereocenters. The van der Waals surface area contributed by atoms with Crippen LogP contribution in [0.5, 0.6) is 0 Å². The molecule has 1 aromatic rings. The Kier molecular flexibility index (Phi) is 6.73. The fraction of sp³-hybridized carbons (Fsp3) is 0.667. The van der Waals surface area contributed by atoms with Crippen LogP contribution in [-0.4, -0.2) is 56.2 Å². The second-order valence-electron chi connectivity index (χ2n) is 8.39. The van der Waals surface area contributed by atoms with Gasteiger partial charge in [0.05, 0.1) is 36.2 Å². The molecule has 0 aromatic heterocycles. The van der Waals surface area contributed by atoms with Gasteiger partial charge in [-0.15, -0.1) is 0 Å². The van der Waals surface area contributed by atoms with Crippen LogP contribution in [-0.2, 0) is 15.7 Å². The molecule has 0 aliphatic carbocycles. The van der Waals surface area contributed by atoms with E-state index >= 15 is 0 Å². The monoisotopic (exact) mass is 413 g/mol. The average Bonchev–Trinajstić information content (AvgIpc) is 2.66. The minimum Gasteiger partial charge on any atom is -0.378 e. The van der Waals surface area contributed by atoms with E-state index in [2.05, 4.69) is 24.1 Å². The minimum atomic E-state index is -4.47. The number of hydrogen-bond donors (Lipinski definition) is 1. The summed E-state index contributed by atoms with van der Waals surface area (Å²) < 4.78 is 45.1. The number of carbonyl (C=O) groups is 1. The number of hydrogen-bond acceptors (Lipinski definition) is 4. The van der Waals surface area contributed by atoms with Crippen LogP contribution in [0.2, 0.25) is 0 Å². The Morgan fingerprint density at radius 1 is 1.17 bits per heavy atom. The predicted octanol–water partition coefficient (Wildman–Crippen LogP) is 3.85. The number of amides is 1. The lowest BCUT2D eigenvalue weighted by molar-refractivity contribution is -0.137. The topological polar surface area (TPSA) is 44.8 Å². The first-order valence-corrected chi connectivity index (χ1v) is 10.2. The third-order valence-corrected chi connectivity index (χ3v) is 5.76. The van der Waals surface area contributed by atoms with Crippen molar-refractivity contribution in [3.05, 3.63) is 23.8 Å². The van der Waals surface area contributed by atoms with Gasteiger partial charge in [0.25, 0.3) is 0 Å². The van der Waals surface area contributed by atoms with Crippen LogP contribution >= 0.6 is 0 Å². The van der Waals surface area contributed by atoms with Gasteiger partial charge >= 0.3 is 6.18 Å². The number of anilines is 2. The molecule has 0 saturated carbocycles. The SMILES string of the molecule is CC1CC(C)CN(C(C)C(=O)Nc2cc(C(F)(F)F)ccc2N2CCOCC2)C1. The summed E-state index contributed by atoms with van der Waals surface area (Å²) >= 11 is 0. The molecular formula is C21H30F3N3O2. The van der Waals surface area contributed by atoms with Gasteiger partial charge in [0.15, 0.2) is 0 Å². The van der Waals surface area contributed by atoms with E-state index < -0.39 is 17.8 Å². The number of halogens is 3. The van der Waals surface area contributed by atoms with Crippen molar-refractivity contribution < 1.29 is 22.7 Å². The molecule has 2 aliphatic heterocycles.